The largest absolute Gasteiger partial charge is 0.503 e. The monoisotopic (exact) mass is 683 g/mol. The molecule has 1 aliphatic heterocycles. The number of benzene rings is 2. The molecule has 1 atom stereocenters. The molecular formula is C25H16BrCl2N3O5S3. The number of amides is 1. The number of aliphatic hydroxyl groups is 1. The zero-order chi connectivity index (χ0) is 27.8. The highest BCUT2D eigenvalue weighted by Crippen LogP contribution is 2.47. The molecule has 4 aromatic rings. The average Bonchev–Trinajstić information content (AvgIpc) is 3.66. The number of anilines is 1. The minimum Gasteiger partial charge on any atom is -0.503 e. The number of halogens is 3. The molecule has 2 aromatic carbocycles. The minimum absolute atomic E-state index is 0.112. The van der Waals surface area contributed by atoms with E-state index >= 15 is 0 Å². The lowest BCUT2D eigenvalue weighted by Gasteiger charge is -2.24. The topological polar surface area (TPSA) is 113 Å². The molecule has 2 N–H and O–H groups in total. The molecule has 8 nitrogen and oxygen atoms in total. The van der Waals surface area contributed by atoms with E-state index in [4.69, 9.17) is 27.9 Å². The molecule has 0 spiro atoms. The lowest BCUT2D eigenvalue weighted by Crippen LogP contribution is -2.31. The molecule has 0 bridgehead atoms. The third-order valence-corrected chi connectivity index (χ3v) is 9.92. The maximum atomic E-state index is 13.5. The summed E-state index contributed by atoms with van der Waals surface area (Å²) in [6.45, 7) is 0. The predicted molar refractivity (Wildman–Crippen MR) is 157 cm³/mol. The Kier molecular flexibility index (Phi) is 8.22. The van der Waals surface area contributed by atoms with Crippen molar-refractivity contribution in [3.8, 4) is 11.5 Å². The molecule has 14 heteroatoms. The van der Waals surface area contributed by atoms with Gasteiger partial charge in [-0.2, -0.15) is 0 Å². The maximum Gasteiger partial charge on any atom is 0.296 e. The highest BCUT2D eigenvalue weighted by Gasteiger charge is 2.46. The van der Waals surface area contributed by atoms with Gasteiger partial charge < -0.3 is 14.9 Å². The summed E-state index contributed by atoms with van der Waals surface area (Å²) in [7, 11) is 1.38. The molecule has 1 amide bonds. The van der Waals surface area contributed by atoms with Gasteiger partial charge >= 0.3 is 0 Å². The van der Waals surface area contributed by atoms with Crippen LogP contribution in [0.15, 0.2) is 68.0 Å². The Morgan fingerprint density at radius 2 is 2.00 bits per heavy atom. The first kappa shape index (κ1) is 27.9. The maximum absolute atomic E-state index is 13.5. The molecule has 2 aromatic heterocycles. The van der Waals surface area contributed by atoms with Gasteiger partial charge in [-0.3, -0.25) is 14.5 Å². The van der Waals surface area contributed by atoms with Crippen molar-refractivity contribution in [2.75, 3.05) is 12.0 Å². The number of carbonyl (C=O) groups is 2. The van der Waals surface area contributed by atoms with Crippen molar-refractivity contribution in [3.63, 3.8) is 0 Å². The van der Waals surface area contributed by atoms with Gasteiger partial charge in [0.2, 0.25) is 10.9 Å². The second-order valence-electron chi connectivity index (χ2n) is 8.07. The first-order valence-electron chi connectivity index (χ1n) is 11.0. The summed E-state index contributed by atoms with van der Waals surface area (Å²) in [6, 6.07) is 10.5. The molecule has 39 heavy (non-hydrogen) atoms. The van der Waals surface area contributed by atoms with E-state index in [1.165, 1.54) is 41.2 Å². The number of phenolic OH excluding ortho intramolecular Hbond substituents is 1. The quantitative estimate of drug-likeness (QED) is 0.112. The molecule has 0 fully saturated rings. The van der Waals surface area contributed by atoms with E-state index in [9.17, 15) is 19.8 Å². The van der Waals surface area contributed by atoms with Gasteiger partial charge in [-0.25, -0.2) is 0 Å². The van der Waals surface area contributed by atoms with Crippen molar-refractivity contribution < 1.29 is 24.5 Å². The van der Waals surface area contributed by atoms with Crippen molar-refractivity contribution in [2.24, 2.45) is 0 Å². The molecule has 1 unspecified atom stereocenters. The van der Waals surface area contributed by atoms with E-state index in [1.54, 1.807) is 35.7 Å². The smallest absolute Gasteiger partial charge is 0.296 e. The van der Waals surface area contributed by atoms with Crippen LogP contribution in [-0.4, -0.2) is 39.2 Å². The Balaban J connectivity index is 1.53. The first-order valence-corrected chi connectivity index (χ1v) is 15.2. The Bertz CT molecular complexity index is 1630. The average molecular weight is 685 g/mol. The van der Waals surface area contributed by atoms with E-state index in [0.29, 0.717) is 30.6 Å². The lowest BCUT2D eigenvalue weighted by atomic mass is 9.95. The van der Waals surface area contributed by atoms with Crippen LogP contribution in [0, 0.1) is 0 Å². The van der Waals surface area contributed by atoms with E-state index in [2.05, 4.69) is 26.1 Å². The van der Waals surface area contributed by atoms with Gasteiger partial charge in [0.1, 0.15) is 0 Å². The number of thioether (sulfide) groups is 1. The van der Waals surface area contributed by atoms with Crippen LogP contribution in [0.4, 0.5) is 5.13 Å². The highest BCUT2D eigenvalue weighted by atomic mass is 79.9. The van der Waals surface area contributed by atoms with Gasteiger partial charge in [-0.15, -0.1) is 21.5 Å². The second-order valence-corrected chi connectivity index (χ2v) is 12.9. The number of ether oxygens (including phenoxy) is 1. The number of aromatic nitrogens is 2. The second kappa shape index (κ2) is 11.5. The molecule has 5 rings (SSSR count). The zero-order valence-corrected chi connectivity index (χ0v) is 25.3. The Hall–Kier alpha value is -2.61. The zero-order valence-electron chi connectivity index (χ0n) is 19.7. The van der Waals surface area contributed by atoms with Crippen LogP contribution in [0.2, 0.25) is 10.0 Å². The molecule has 0 aliphatic carbocycles. The molecule has 0 radical (unpaired) electrons. The minimum atomic E-state index is -1.06. The van der Waals surface area contributed by atoms with E-state index in [1.807, 2.05) is 6.07 Å². The SMILES string of the molecule is COc1cc(C2C(C(=O)c3cccs3)=C(O)C(=O)N2c2nnc(SCc3ccc(Cl)cc3Cl)s2)cc(Br)c1O. The van der Waals surface area contributed by atoms with Crippen LogP contribution in [-0.2, 0) is 10.5 Å². The number of carbonyl (C=O) groups excluding carboxylic acids is 2. The Labute approximate surface area is 253 Å². The van der Waals surface area contributed by atoms with Crippen molar-refractivity contribution in [2.45, 2.75) is 16.1 Å². The summed E-state index contributed by atoms with van der Waals surface area (Å²) in [6.07, 6.45) is 0. The van der Waals surface area contributed by atoms with Crippen LogP contribution in [0.1, 0.15) is 26.8 Å². The first-order chi connectivity index (χ1) is 18.7. The van der Waals surface area contributed by atoms with Crippen LogP contribution in [0.5, 0.6) is 11.5 Å². The van der Waals surface area contributed by atoms with Crippen LogP contribution in [0.3, 0.4) is 0 Å². The van der Waals surface area contributed by atoms with Crippen LogP contribution in [0.25, 0.3) is 0 Å². The van der Waals surface area contributed by atoms with Crippen molar-refractivity contribution in [1.82, 2.24) is 10.2 Å². The Morgan fingerprint density at radius 3 is 2.69 bits per heavy atom. The van der Waals surface area contributed by atoms with Gasteiger partial charge in [0.15, 0.2) is 21.6 Å². The lowest BCUT2D eigenvalue weighted by molar-refractivity contribution is -0.117. The van der Waals surface area contributed by atoms with Gasteiger partial charge in [0.25, 0.3) is 5.91 Å². The molecule has 200 valence electrons. The van der Waals surface area contributed by atoms with Gasteiger partial charge in [0.05, 0.1) is 28.1 Å². The van der Waals surface area contributed by atoms with E-state index < -0.39 is 23.5 Å². The number of aliphatic hydroxyl groups excluding tert-OH is 1. The number of hydrogen-bond acceptors (Lipinski definition) is 10. The van der Waals surface area contributed by atoms with Gasteiger partial charge in [-0.05, 0) is 62.8 Å². The molecular weight excluding hydrogens is 669 g/mol. The summed E-state index contributed by atoms with van der Waals surface area (Å²) in [4.78, 5) is 28.5. The number of hydrogen-bond donors (Lipinski definition) is 2. The van der Waals surface area contributed by atoms with Gasteiger partial charge in [-0.1, -0.05) is 58.4 Å². The predicted octanol–water partition coefficient (Wildman–Crippen LogP) is 7.46. The number of phenols is 1. The normalized spacial score (nSPS) is 15.3. The summed E-state index contributed by atoms with van der Waals surface area (Å²) >= 11 is 19.3. The molecule has 0 saturated carbocycles. The molecule has 1 aliphatic rings. The van der Waals surface area contributed by atoms with Gasteiger partial charge in [0, 0.05) is 15.8 Å². The highest BCUT2D eigenvalue weighted by molar-refractivity contribution is 9.10. The number of ketones is 1. The number of thiophene rings is 1. The van der Waals surface area contributed by atoms with E-state index in [-0.39, 0.29) is 26.7 Å². The van der Waals surface area contributed by atoms with Crippen LogP contribution < -0.4 is 9.64 Å². The van der Waals surface area contributed by atoms with Crippen molar-refractivity contribution in [3.05, 3.63) is 89.7 Å². The fraction of sp³-hybridized carbons (Fsp3) is 0.120. The molecule has 0 saturated heterocycles. The fourth-order valence-corrected chi connectivity index (χ4v) is 7.50. The van der Waals surface area contributed by atoms with E-state index in [0.717, 1.165) is 16.9 Å². The number of rotatable bonds is 8. The van der Waals surface area contributed by atoms with Crippen molar-refractivity contribution in [1.29, 1.82) is 0 Å². The Morgan fingerprint density at radius 1 is 1.21 bits per heavy atom. The van der Waals surface area contributed by atoms with Crippen LogP contribution >= 0.6 is 73.6 Å². The summed E-state index contributed by atoms with van der Waals surface area (Å²) < 4.78 is 6.12. The number of methoxy groups -OCH3 is 1. The number of Topliss-reactive ketones (excluding diaryl/α,β-unsaturated/α-hetero) is 1. The summed E-state index contributed by atoms with van der Waals surface area (Å²) in [5, 5.41) is 32.7. The number of aromatic hydroxyl groups is 1. The van der Waals surface area contributed by atoms with Crippen molar-refractivity contribution >= 4 is 90.4 Å². The number of nitrogens with zero attached hydrogens (tertiary/aromatic N) is 3. The third-order valence-electron chi connectivity index (χ3n) is 5.75. The fourth-order valence-electron chi connectivity index (χ4n) is 3.93. The standard InChI is InChI=1S/C25H16BrCl2N3O5S3/c1-36-16-8-12(7-14(26)20(16)32)19-18(21(33)17-3-2-6-37-17)22(34)23(35)31(19)24-29-30-25(39-24)38-10-11-4-5-13(27)9-15(11)28/h2-9,19,32,34H,10H2,1H3. The molecule has 3 heterocycles. The summed E-state index contributed by atoms with van der Waals surface area (Å²) in [5.74, 6) is -1.52. The summed E-state index contributed by atoms with van der Waals surface area (Å²) in [5.41, 5.74) is 1.15. The third kappa shape index (κ3) is 5.41.